The van der Waals surface area contributed by atoms with Crippen LogP contribution in [0, 0.1) is 11.3 Å². The minimum Gasteiger partial charge on any atom is -0.352 e. The maximum atomic E-state index is 13.8. The first-order chi connectivity index (χ1) is 17.7. The molecule has 7 heteroatoms. The van der Waals surface area contributed by atoms with E-state index < -0.39 is 5.92 Å². The van der Waals surface area contributed by atoms with Crippen LogP contribution < -0.4 is 0 Å². The Labute approximate surface area is 216 Å². The van der Waals surface area contributed by atoms with Crippen molar-refractivity contribution in [2.75, 3.05) is 13.1 Å². The van der Waals surface area contributed by atoms with Gasteiger partial charge in [-0.3, -0.25) is 14.4 Å². The van der Waals surface area contributed by atoms with E-state index in [1.54, 1.807) is 0 Å². The zero-order chi connectivity index (χ0) is 25.9. The van der Waals surface area contributed by atoms with E-state index >= 15 is 0 Å². The molecule has 0 aliphatic carbocycles. The number of nitrogens with one attached hydrogen (secondary N) is 1. The molecule has 4 heterocycles. The summed E-state index contributed by atoms with van der Waals surface area (Å²) in [6.07, 6.45) is 1.50. The lowest BCUT2D eigenvalue weighted by Crippen LogP contribution is -2.54. The number of Topliss-reactive ketones (excluding diaryl/α,β-unsaturated/α-hetero) is 1. The van der Waals surface area contributed by atoms with Crippen molar-refractivity contribution in [1.29, 1.82) is 0 Å². The summed E-state index contributed by atoms with van der Waals surface area (Å²) in [5, 5.41) is 0.987. The number of aliphatic imine (C=N–C) groups is 1. The normalized spacial score (nSPS) is 21.3. The summed E-state index contributed by atoms with van der Waals surface area (Å²) in [7, 11) is 0. The van der Waals surface area contributed by atoms with Gasteiger partial charge < -0.3 is 14.8 Å². The number of hydrogen-bond donors (Lipinski definition) is 1. The molecule has 1 N–H and O–H groups in total. The largest absolute Gasteiger partial charge is 0.352 e. The molecular weight excluding hydrogens is 464 g/mol. The summed E-state index contributed by atoms with van der Waals surface area (Å²) in [6, 6.07) is 17.5. The second-order valence-corrected chi connectivity index (χ2v) is 11.7. The molecule has 3 atom stereocenters. The monoisotopic (exact) mass is 496 g/mol. The molecule has 1 aromatic heterocycles. The molecule has 0 spiro atoms. The van der Waals surface area contributed by atoms with E-state index in [1.807, 2.05) is 85.2 Å². The Morgan fingerprint density at radius 2 is 1.70 bits per heavy atom. The molecule has 2 aromatic carbocycles. The molecule has 3 aromatic rings. The van der Waals surface area contributed by atoms with Crippen molar-refractivity contribution in [2.45, 2.75) is 52.1 Å². The second-order valence-electron chi connectivity index (χ2n) is 11.7. The number of carbonyl (C=O) groups excluding carboxylic acids is 3. The van der Waals surface area contributed by atoms with Gasteiger partial charge in [0.1, 0.15) is 5.71 Å². The molecule has 37 heavy (non-hydrogen) atoms. The van der Waals surface area contributed by atoms with E-state index in [1.165, 1.54) is 0 Å². The van der Waals surface area contributed by atoms with Gasteiger partial charge in [0.2, 0.25) is 5.91 Å². The fourth-order valence-electron chi connectivity index (χ4n) is 6.09. The summed E-state index contributed by atoms with van der Waals surface area (Å²) in [5.74, 6) is -0.493. The highest BCUT2D eigenvalue weighted by Crippen LogP contribution is 2.38. The quantitative estimate of drug-likeness (QED) is 0.526. The number of ketones is 1. The predicted octanol–water partition coefficient (Wildman–Crippen LogP) is 4.54. The highest BCUT2D eigenvalue weighted by Gasteiger charge is 2.50. The van der Waals surface area contributed by atoms with Gasteiger partial charge in [0.25, 0.3) is 5.91 Å². The van der Waals surface area contributed by atoms with Crippen molar-refractivity contribution in [3.8, 4) is 0 Å². The zero-order valence-electron chi connectivity index (χ0n) is 21.5. The number of rotatable bonds is 5. The first-order valence-electron chi connectivity index (χ1n) is 13.1. The van der Waals surface area contributed by atoms with Gasteiger partial charge in [-0.2, -0.15) is 0 Å². The number of aromatic amines is 1. The van der Waals surface area contributed by atoms with Crippen molar-refractivity contribution < 1.29 is 14.4 Å². The van der Waals surface area contributed by atoms with E-state index in [-0.39, 0.29) is 41.5 Å². The first-order valence-corrected chi connectivity index (χ1v) is 13.1. The van der Waals surface area contributed by atoms with Crippen LogP contribution in [0.2, 0.25) is 0 Å². The van der Waals surface area contributed by atoms with Crippen LogP contribution in [0.15, 0.2) is 59.6 Å². The molecule has 2 saturated heterocycles. The average Bonchev–Trinajstić information content (AvgIpc) is 3.66. The van der Waals surface area contributed by atoms with Gasteiger partial charge in [-0.25, -0.2) is 4.99 Å². The molecule has 0 unspecified atom stereocenters. The third-order valence-corrected chi connectivity index (χ3v) is 8.20. The Balaban J connectivity index is 1.14. The molecule has 2 amide bonds. The van der Waals surface area contributed by atoms with E-state index in [2.05, 4.69) is 9.98 Å². The Kier molecular flexibility index (Phi) is 5.55. The van der Waals surface area contributed by atoms with E-state index in [4.69, 9.17) is 0 Å². The lowest BCUT2D eigenvalue weighted by Gasteiger charge is -2.39. The number of fused-ring (bicyclic) bond motifs is 4. The van der Waals surface area contributed by atoms with Crippen LogP contribution in [0.5, 0.6) is 0 Å². The number of hydrogen-bond acceptors (Lipinski definition) is 4. The Morgan fingerprint density at radius 1 is 1.00 bits per heavy atom. The van der Waals surface area contributed by atoms with Gasteiger partial charge in [0.15, 0.2) is 5.78 Å². The van der Waals surface area contributed by atoms with Gasteiger partial charge in [-0.15, -0.1) is 0 Å². The standard InChI is InChI=1S/C30H32N4O3/c1-30(2,3)22(15-27(35)25-12-18-8-4-6-10-23(18)31-25)28(36)33-16-21-14-20(33)17-34(21)29(37)26-13-19-9-5-7-11-24(19)32-26/h4-12,20-22,31H,13-17H2,1-3H3/t20-,21-,22+/m0/s1. The number of piperazine rings is 1. The molecule has 0 saturated carbocycles. The number of H-pyrrole nitrogens is 1. The zero-order valence-corrected chi connectivity index (χ0v) is 21.5. The van der Waals surface area contributed by atoms with Gasteiger partial charge in [-0.1, -0.05) is 57.2 Å². The van der Waals surface area contributed by atoms with Crippen molar-refractivity contribution in [1.82, 2.24) is 14.8 Å². The molecule has 2 fully saturated rings. The Bertz CT molecular complexity index is 1410. The highest BCUT2D eigenvalue weighted by atomic mass is 16.2. The SMILES string of the molecule is CC(C)(C)[C@H](CC(=O)c1cc2ccccc2[nH]1)C(=O)N1C[C@@H]2C[C@H]1CN2C(=O)C1=Nc2ccccc2C1. The van der Waals surface area contributed by atoms with E-state index in [0.29, 0.717) is 30.9 Å². The average molecular weight is 497 g/mol. The minimum atomic E-state index is -0.441. The number of benzene rings is 2. The predicted molar refractivity (Wildman–Crippen MR) is 143 cm³/mol. The number of amides is 2. The smallest absolute Gasteiger partial charge is 0.268 e. The third-order valence-electron chi connectivity index (χ3n) is 8.20. The summed E-state index contributed by atoms with van der Waals surface area (Å²) in [4.78, 5) is 52.0. The topological polar surface area (TPSA) is 85.8 Å². The van der Waals surface area contributed by atoms with Crippen LogP contribution in [-0.4, -0.2) is 63.3 Å². The Morgan fingerprint density at radius 3 is 2.41 bits per heavy atom. The summed E-state index contributed by atoms with van der Waals surface area (Å²) in [6.45, 7) is 7.11. The number of likely N-dealkylation sites (tertiary alicyclic amines) is 2. The highest BCUT2D eigenvalue weighted by molar-refractivity contribution is 6.41. The van der Waals surface area contributed by atoms with Crippen LogP contribution in [0.4, 0.5) is 5.69 Å². The van der Waals surface area contributed by atoms with Gasteiger partial charge in [-0.05, 0) is 35.6 Å². The second kappa shape index (κ2) is 8.68. The summed E-state index contributed by atoms with van der Waals surface area (Å²) >= 11 is 0. The molecule has 3 aliphatic rings. The number of para-hydroxylation sites is 2. The van der Waals surface area contributed by atoms with Crippen LogP contribution in [-0.2, 0) is 16.0 Å². The lowest BCUT2D eigenvalue weighted by molar-refractivity contribution is -0.143. The molecule has 190 valence electrons. The van der Waals surface area contributed by atoms with Gasteiger partial charge in [0.05, 0.1) is 29.4 Å². The summed E-state index contributed by atoms with van der Waals surface area (Å²) < 4.78 is 0. The van der Waals surface area contributed by atoms with E-state index in [0.717, 1.165) is 28.6 Å². The van der Waals surface area contributed by atoms with Crippen LogP contribution >= 0.6 is 0 Å². The molecule has 0 radical (unpaired) electrons. The molecule has 3 aliphatic heterocycles. The molecule has 6 rings (SSSR count). The van der Waals surface area contributed by atoms with Gasteiger partial charge in [0, 0.05) is 36.8 Å². The lowest BCUT2D eigenvalue weighted by atomic mass is 9.76. The van der Waals surface area contributed by atoms with Gasteiger partial charge >= 0.3 is 0 Å². The van der Waals surface area contributed by atoms with Crippen molar-refractivity contribution in [3.63, 3.8) is 0 Å². The minimum absolute atomic E-state index is 0.00196. The molecular formula is C30H32N4O3. The van der Waals surface area contributed by atoms with Crippen LogP contribution in [0.25, 0.3) is 10.9 Å². The van der Waals surface area contributed by atoms with Crippen LogP contribution in [0.3, 0.4) is 0 Å². The van der Waals surface area contributed by atoms with Crippen molar-refractivity contribution in [2.24, 2.45) is 16.3 Å². The third kappa shape index (κ3) is 4.16. The van der Waals surface area contributed by atoms with Crippen molar-refractivity contribution >= 4 is 39.9 Å². The Hall–Kier alpha value is -3.74. The first kappa shape index (κ1) is 23.6. The maximum absolute atomic E-state index is 13.8. The van der Waals surface area contributed by atoms with E-state index in [9.17, 15) is 14.4 Å². The fourth-order valence-corrected chi connectivity index (χ4v) is 6.09. The van der Waals surface area contributed by atoms with Crippen molar-refractivity contribution in [3.05, 3.63) is 65.9 Å². The molecule has 7 nitrogen and oxygen atoms in total. The fraction of sp³-hybridized carbons (Fsp3) is 0.400. The number of carbonyl (C=O) groups is 3. The molecule has 2 bridgehead atoms. The summed E-state index contributed by atoms with van der Waals surface area (Å²) in [5.41, 5.74) is 3.63. The maximum Gasteiger partial charge on any atom is 0.268 e. The number of aromatic nitrogens is 1. The van der Waals surface area contributed by atoms with Crippen LogP contribution in [0.1, 0.15) is 49.7 Å². The number of nitrogens with zero attached hydrogens (tertiary/aromatic N) is 3.